The normalized spacial score (nSPS) is 28.8. The van der Waals surface area contributed by atoms with Gasteiger partial charge in [-0.2, -0.15) is 0 Å². The van der Waals surface area contributed by atoms with Crippen molar-refractivity contribution < 1.29 is 14.7 Å². The predicted octanol–water partition coefficient (Wildman–Crippen LogP) is 1.66. The number of nitrogens with two attached hydrogens (primary N) is 1. The van der Waals surface area contributed by atoms with Gasteiger partial charge in [0.1, 0.15) is 6.04 Å². The highest BCUT2D eigenvalue weighted by Gasteiger charge is 2.49. The summed E-state index contributed by atoms with van der Waals surface area (Å²) in [7, 11) is 0. The Bertz CT molecular complexity index is 383. The molecule has 2 aliphatic rings. The van der Waals surface area contributed by atoms with Crippen molar-refractivity contribution in [2.75, 3.05) is 12.3 Å². The molecule has 1 saturated heterocycles. The number of carboxylic acid groups (broad SMARTS) is 1. The molecule has 2 rings (SSSR count). The molecule has 1 aliphatic heterocycles. The fourth-order valence-electron chi connectivity index (χ4n) is 3.33. The third-order valence-electron chi connectivity index (χ3n) is 4.55. The number of thioether (sulfide) groups is 1. The average Bonchev–Trinajstić information content (AvgIpc) is 3.05. The zero-order valence-corrected chi connectivity index (χ0v) is 12.8. The number of hydrogen-bond acceptors (Lipinski definition) is 4. The fraction of sp³-hybridized carbons (Fsp3) is 0.857. The first kappa shape index (κ1) is 15.6. The van der Waals surface area contributed by atoms with E-state index in [-0.39, 0.29) is 11.3 Å². The van der Waals surface area contributed by atoms with Gasteiger partial charge in [-0.05, 0) is 19.3 Å². The zero-order chi connectivity index (χ0) is 14.8. The molecule has 0 aromatic rings. The van der Waals surface area contributed by atoms with Crippen LogP contribution in [0.25, 0.3) is 0 Å². The Labute approximate surface area is 124 Å². The van der Waals surface area contributed by atoms with Gasteiger partial charge in [0.2, 0.25) is 5.91 Å². The Morgan fingerprint density at radius 3 is 2.55 bits per heavy atom. The fourth-order valence-corrected chi connectivity index (χ4v) is 4.84. The van der Waals surface area contributed by atoms with Gasteiger partial charge in [0.05, 0.1) is 10.8 Å². The van der Waals surface area contributed by atoms with E-state index in [0.717, 1.165) is 38.5 Å². The molecule has 0 spiro atoms. The maximum absolute atomic E-state index is 13.0. The lowest BCUT2D eigenvalue weighted by Crippen LogP contribution is -2.53. The minimum absolute atomic E-state index is 0.00220. The molecule has 0 aromatic carbocycles. The summed E-state index contributed by atoms with van der Waals surface area (Å²) >= 11 is 1.59. The van der Waals surface area contributed by atoms with E-state index in [4.69, 9.17) is 5.73 Å². The van der Waals surface area contributed by atoms with Gasteiger partial charge in [0, 0.05) is 12.3 Å². The lowest BCUT2D eigenvalue weighted by molar-refractivity contribution is -0.154. The van der Waals surface area contributed by atoms with Crippen LogP contribution in [0, 0.1) is 5.41 Å². The maximum Gasteiger partial charge on any atom is 0.327 e. The van der Waals surface area contributed by atoms with Crippen molar-refractivity contribution in [3.8, 4) is 0 Å². The van der Waals surface area contributed by atoms with E-state index < -0.39 is 17.4 Å². The van der Waals surface area contributed by atoms with Gasteiger partial charge >= 0.3 is 5.97 Å². The first-order chi connectivity index (χ1) is 9.55. The number of carbonyl (C=O) groups is 2. The molecule has 2 unspecified atom stereocenters. The summed E-state index contributed by atoms with van der Waals surface area (Å²) in [6.45, 7) is 2.39. The number of rotatable bonds is 5. The van der Waals surface area contributed by atoms with E-state index in [1.165, 1.54) is 0 Å². The monoisotopic (exact) mass is 300 g/mol. The van der Waals surface area contributed by atoms with Crippen molar-refractivity contribution >= 4 is 23.6 Å². The second kappa shape index (κ2) is 6.35. The van der Waals surface area contributed by atoms with Gasteiger partial charge in [0.25, 0.3) is 0 Å². The van der Waals surface area contributed by atoms with Crippen molar-refractivity contribution in [2.24, 2.45) is 11.1 Å². The third-order valence-corrected chi connectivity index (χ3v) is 5.91. The van der Waals surface area contributed by atoms with E-state index >= 15 is 0 Å². The van der Waals surface area contributed by atoms with E-state index in [1.54, 1.807) is 16.7 Å². The van der Waals surface area contributed by atoms with Crippen molar-refractivity contribution in [1.82, 2.24) is 4.90 Å². The maximum atomic E-state index is 13.0. The summed E-state index contributed by atoms with van der Waals surface area (Å²) < 4.78 is 0. The van der Waals surface area contributed by atoms with Gasteiger partial charge in [-0.1, -0.05) is 26.2 Å². The smallest absolute Gasteiger partial charge is 0.327 e. The van der Waals surface area contributed by atoms with Gasteiger partial charge in [-0.15, -0.1) is 11.8 Å². The molecule has 1 amide bonds. The minimum Gasteiger partial charge on any atom is -0.480 e. The lowest BCUT2D eigenvalue weighted by atomic mass is 9.84. The molecule has 0 bridgehead atoms. The molecule has 6 heteroatoms. The Morgan fingerprint density at radius 1 is 1.40 bits per heavy atom. The number of carbonyl (C=O) groups excluding carboxylic acids is 1. The second-order valence-corrected chi connectivity index (χ2v) is 7.05. The average molecular weight is 300 g/mol. The highest BCUT2D eigenvalue weighted by Crippen LogP contribution is 2.43. The van der Waals surface area contributed by atoms with Crippen molar-refractivity contribution in [1.29, 1.82) is 0 Å². The second-order valence-electron chi connectivity index (χ2n) is 5.83. The van der Waals surface area contributed by atoms with Crippen molar-refractivity contribution in [3.05, 3.63) is 0 Å². The molecule has 0 aromatic heterocycles. The highest BCUT2D eigenvalue weighted by molar-refractivity contribution is 8.00. The molecule has 1 heterocycles. The number of amides is 1. The topological polar surface area (TPSA) is 83.6 Å². The van der Waals surface area contributed by atoms with Crippen LogP contribution in [0.3, 0.4) is 0 Å². The predicted molar refractivity (Wildman–Crippen MR) is 79.4 cm³/mol. The van der Waals surface area contributed by atoms with E-state index in [0.29, 0.717) is 12.3 Å². The van der Waals surface area contributed by atoms with Gasteiger partial charge in [-0.25, -0.2) is 4.79 Å². The molecular formula is C14H24N2O3S. The molecule has 2 atom stereocenters. The summed E-state index contributed by atoms with van der Waals surface area (Å²) in [5, 5.41) is 9.38. The van der Waals surface area contributed by atoms with Crippen LogP contribution in [0.2, 0.25) is 0 Å². The van der Waals surface area contributed by atoms with Crippen molar-refractivity contribution in [2.45, 2.75) is 56.9 Å². The molecular weight excluding hydrogens is 276 g/mol. The summed E-state index contributed by atoms with van der Waals surface area (Å²) in [6.07, 6.45) is 5.42. The molecule has 0 radical (unpaired) electrons. The number of aliphatic carboxylic acids is 1. The lowest BCUT2D eigenvalue weighted by Gasteiger charge is -2.36. The Balaban J connectivity index is 2.24. The van der Waals surface area contributed by atoms with Crippen LogP contribution in [0.4, 0.5) is 0 Å². The van der Waals surface area contributed by atoms with Gasteiger partial charge < -0.3 is 15.7 Å². The Kier molecular flexibility index (Phi) is 4.96. The first-order valence-corrected chi connectivity index (χ1v) is 8.48. The summed E-state index contributed by atoms with van der Waals surface area (Å²) in [6, 6.07) is -0.687. The molecule has 20 heavy (non-hydrogen) atoms. The van der Waals surface area contributed by atoms with Crippen LogP contribution in [0.1, 0.15) is 45.4 Å². The van der Waals surface area contributed by atoms with Crippen LogP contribution >= 0.6 is 11.8 Å². The quantitative estimate of drug-likeness (QED) is 0.807. The highest BCUT2D eigenvalue weighted by atomic mass is 32.2. The Morgan fingerprint density at radius 2 is 2.05 bits per heavy atom. The van der Waals surface area contributed by atoms with Crippen LogP contribution in [-0.2, 0) is 9.59 Å². The molecule has 114 valence electrons. The van der Waals surface area contributed by atoms with Crippen LogP contribution in [0.5, 0.6) is 0 Å². The summed E-state index contributed by atoms with van der Waals surface area (Å²) in [5.41, 5.74) is 5.37. The summed E-state index contributed by atoms with van der Waals surface area (Å²) in [4.78, 5) is 26.0. The SMILES string of the molecule is CCCC1SCC(C(=O)O)N1C(=O)C1(CN)CCCC1. The van der Waals surface area contributed by atoms with E-state index in [9.17, 15) is 14.7 Å². The molecule has 1 aliphatic carbocycles. The molecule has 1 saturated carbocycles. The first-order valence-electron chi connectivity index (χ1n) is 7.43. The molecule has 2 fully saturated rings. The Hall–Kier alpha value is -0.750. The largest absolute Gasteiger partial charge is 0.480 e. The van der Waals surface area contributed by atoms with Crippen LogP contribution in [0.15, 0.2) is 0 Å². The minimum atomic E-state index is -0.894. The van der Waals surface area contributed by atoms with Gasteiger partial charge in [0.15, 0.2) is 0 Å². The van der Waals surface area contributed by atoms with Gasteiger partial charge in [-0.3, -0.25) is 4.79 Å². The molecule has 5 nitrogen and oxygen atoms in total. The zero-order valence-electron chi connectivity index (χ0n) is 12.0. The van der Waals surface area contributed by atoms with Crippen LogP contribution in [-0.4, -0.2) is 45.6 Å². The van der Waals surface area contributed by atoms with E-state index in [2.05, 4.69) is 6.92 Å². The number of nitrogens with zero attached hydrogens (tertiary/aromatic N) is 1. The summed E-state index contributed by atoms with van der Waals surface area (Å²) in [5.74, 6) is -0.421. The third kappa shape index (κ3) is 2.68. The van der Waals surface area contributed by atoms with Crippen molar-refractivity contribution in [3.63, 3.8) is 0 Å². The molecule has 3 N–H and O–H groups in total. The van der Waals surface area contributed by atoms with Crippen LogP contribution < -0.4 is 5.73 Å². The standard InChI is InChI=1S/C14H24N2O3S/c1-2-5-11-16(10(8-20-11)12(17)18)13(19)14(9-15)6-3-4-7-14/h10-11H,2-9,15H2,1H3,(H,17,18). The number of carboxylic acids is 1. The number of hydrogen-bond donors (Lipinski definition) is 2. The van der Waals surface area contributed by atoms with E-state index in [1.807, 2.05) is 0 Å².